The molecule has 2 rings (SSSR count). The Kier molecular flexibility index (Phi) is 8.31. The first-order valence-corrected chi connectivity index (χ1v) is 10.1. The van der Waals surface area contributed by atoms with Crippen molar-refractivity contribution in [2.24, 2.45) is 4.99 Å². The lowest BCUT2D eigenvalue weighted by atomic mass is 9.89. The number of rotatable bonds is 9. The van der Waals surface area contributed by atoms with Crippen molar-refractivity contribution in [3.8, 4) is 11.3 Å². The average molecular weight is 379 g/mol. The summed E-state index contributed by atoms with van der Waals surface area (Å²) in [6.45, 7) is 12.3. The van der Waals surface area contributed by atoms with Crippen molar-refractivity contribution < 1.29 is 4.39 Å². The minimum Gasteiger partial charge on any atom is -0.265 e. The molecule has 0 fully saturated rings. The second kappa shape index (κ2) is 10.7. The molecule has 2 aromatic rings. The first-order chi connectivity index (χ1) is 13.5. The van der Waals surface area contributed by atoms with E-state index in [4.69, 9.17) is 4.98 Å². The van der Waals surface area contributed by atoms with E-state index < -0.39 is 0 Å². The lowest BCUT2D eigenvalue weighted by molar-refractivity contribution is 0.628. The van der Waals surface area contributed by atoms with Crippen LogP contribution < -0.4 is 0 Å². The molecule has 0 amide bonds. The highest BCUT2D eigenvalue weighted by molar-refractivity contribution is 5.78. The predicted octanol–water partition coefficient (Wildman–Crippen LogP) is 7.06. The molecule has 1 aromatic heterocycles. The zero-order valence-corrected chi connectivity index (χ0v) is 17.5. The molecule has 0 saturated carbocycles. The molecule has 2 nitrogen and oxygen atoms in total. The molecule has 0 aliphatic heterocycles. The number of aliphatic imine (C=N–C) groups is 1. The minimum absolute atomic E-state index is 0.223. The van der Waals surface area contributed by atoms with Gasteiger partial charge in [0.2, 0.25) is 0 Å². The highest BCUT2D eigenvalue weighted by atomic mass is 19.1. The number of hydrogen-bond donors (Lipinski definition) is 0. The third-order valence-electron chi connectivity index (χ3n) is 5.21. The van der Waals surface area contributed by atoms with Crippen LogP contribution in [0.1, 0.15) is 63.3 Å². The summed E-state index contributed by atoms with van der Waals surface area (Å²) in [5.74, 6) is 0.235. The van der Waals surface area contributed by atoms with E-state index in [0.29, 0.717) is 5.92 Å². The Morgan fingerprint density at radius 1 is 1.25 bits per heavy atom. The van der Waals surface area contributed by atoms with Crippen LogP contribution in [0.25, 0.3) is 11.3 Å². The Bertz CT molecular complexity index is 848. The van der Waals surface area contributed by atoms with Crippen molar-refractivity contribution in [3.05, 3.63) is 77.4 Å². The van der Waals surface area contributed by atoms with Crippen LogP contribution in [-0.2, 0) is 12.8 Å². The maximum Gasteiger partial charge on any atom is 0.123 e. The molecule has 0 N–H and O–H groups in total. The Morgan fingerprint density at radius 2 is 1.96 bits per heavy atom. The molecule has 0 aliphatic carbocycles. The molecule has 0 radical (unpaired) electrons. The first-order valence-electron chi connectivity index (χ1n) is 10.1. The predicted molar refractivity (Wildman–Crippen MR) is 118 cm³/mol. The highest BCUT2D eigenvalue weighted by Crippen LogP contribution is 2.32. The fraction of sp³-hybridized carbons (Fsp3) is 0.360. The summed E-state index contributed by atoms with van der Waals surface area (Å²) in [4.78, 5) is 9.12. The summed E-state index contributed by atoms with van der Waals surface area (Å²) in [6, 6.07) is 8.94. The SMILES string of the molecule is C=CN=C/C(=C\C)CCc1cc(C(C)CC)c(CC)c(-c2ccc(F)cc2)n1. The van der Waals surface area contributed by atoms with Gasteiger partial charge in [-0.15, -0.1) is 0 Å². The Hall–Kier alpha value is -2.55. The molecule has 0 bridgehead atoms. The summed E-state index contributed by atoms with van der Waals surface area (Å²) < 4.78 is 13.4. The molecule has 1 atom stereocenters. The lowest BCUT2D eigenvalue weighted by Crippen LogP contribution is -2.06. The molecular weight excluding hydrogens is 347 g/mol. The van der Waals surface area contributed by atoms with Crippen LogP contribution in [0.4, 0.5) is 4.39 Å². The zero-order valence-electron chi connectivity index (χ0n) is 17.5. The van der Waals surface area contributed by atoms with E-state index in [9.17, 15) is 4.39 Å². The number of halogens is 1. The van der Waals surface area contributed by atoms with Gasteiger partial charge in [-0.05, 0) is 85.6 Å². The quantitative estimate of drug-likeness (QED) is 0.429. The van der Waals surface area contributed by atoms with E-state index >= 15 is 0 Å². The van der Waals surface area contributed by atoms with E-state index in [-0.39, 0.29) is 5.82 Å². The Balaban J connectivity index is 2.48. The third-order valence-corrected chi connectivity index (χ3v) is 5.21. The van der Waals surface area contributed by atoms with E-state index in [1.165, 1.54) is 23.3 Å². The van der Waals surface area contributed by atoms with E-state index in [1.807, 2.05) is 25.3 Å². The summed E-state index contributed by atoms with van der Waals surface area (Å²) in [5, 5.41) is 0. The fourth-order valence-corrected chi connectivity index (χ4v) is 3.36. The van der Waals surface area contributed by atoms with Gasteiger partial charge in [0.05, 0.1) is 5.69 Å². The van der Waals surface area contributed by atoms with Gasteiger partial charge in [-0.25, -0.2) is 4.39 Å². The second-order valence-corrected chi connectivity index (χ2v) is 7.02. The molecular formula is C25H31FN2. The molecule has 0 aliphatic rings. The monoisotopic (exact) mass is 378 g/mol. The molecule has 0 spiro atoms. The van der Waals surface area contributed by atoms with Crippen LogP contribution in [-0.4, -0.2) is 11.2 Å². The van der Waals surface area contributed by atoms with Crippen LogP contribution in [0.3, 0.4) is 0 Å². The third kappa shape index (κ3) is 5.48. The smallest absolute Gasteiger partial charge is 0.123 e. The molecule has 148 valence electrons. The normalized spacial score (nSPS) is 13.1. The van der Waals surface area contributed by atoms with Crippen molar-refractivity contribution in [3.63, 3.8) is 0 Å². The molecule has 28 heavy (non-hydrogen) atoms. The number of aromatic nitrogens is 1. The Morgan fingerprint density at radius 3 is 2.54 bits per heavy atom. The van der Waals surface area contributed by atoms with E-state index in [2.05, 4.69) is 44.5 Å². The Labute approximate surface area is 168 Å². The number of benzene rings is 1. The average Bonchev–Trinajstić information content (AvgIpc) is 2.73. The summed E-state index contributed by atoms with van der Waals surface area (Å²) in [7, 11) is 0. The maximum atomic E-state index is 13.4. The van der Waals surface area contributed by atoms with Crippen LogP contribution in [0, 0.1) is 5.82 Å². The van der Waals surface area contributed by atoms with Crippen LogP contribution in [0.5, 0.6) is 0 Å². The van der Waals surface area contributed by atoms with Gasteiger partial charge in [0, 0.05) is 23.7 Å². The van der Waals surface area contributed by atoms with Gasteiger partial charge in [0.25, 0.3) is 0 Å². The van der Waals surface area contributed by atoms with Crippen molar-refractivity contribution in [1.82, 2.24) is 4.98 Å². The second-order valence-electron chi connectivity index (χ2n) is 7.02. The topological polar surface area (TPSA) is 25.2 Å². The van der Waals surface area contributed by atoms with E-state index in [0.717, 1.165) is 48.2 Å². The number of hydrogen-bond acceptors (Lipinski definition) is 2. The number of nitrogens with zero attached hydrogens (tertiary/aromatic N) is 2. The first kappa shape index (κ1) is 21.7. The number of aryl methyl sites for hydroxylation is 1. The molecule has 3 heteroatoms. The fourth-order valence-electron chi connectivity index (χ4n) is 3.36. The number of allylic oxidation sites excluding steroid dienone is 2. The van der Waals surface area contributed by atoms with Crippen molar-refractivity contribution in [1.29, 1.82) is 0 Å². The van der Waals surface area contributed by atoms with E-state index in [1.54, 1.807) is 6.20 Å². The minimum atomic E-state index is -0.223. The molecule has 0 saturated heterocycles. The molecule has 1 aromatic carbocycles. The zero-order chi connectivity index (χ0) is 20.5. The number of pyridine rings is 1. The van der Waals surface area contributed by atoms with Crippen molar-refractivity contribution in [2.45, 2.75) is 59.3 Å². The van der Waals surface area contributed by atoms with Crippen molar-refractivity contribution in [2.75, 3.05) is 0 Å². The lowest BCUT2D eigenvalue weighted by Gasteiger charge is -2.20. The van der Waals surface area contributed by atoms with Crippen LogP contribution >= 0.6 is 0 Å². The maximum absolute atomic E-state index is 13.4. The van der Waals surface area contributed by atoms with Crippen LogP contribution in [0.2, 0.25) is 0 Å². The summed E-state index contributed by atoms with van der Waals surface area (Å²) in [6.07, 6.45) is 9.16. The van der Waals surface area contributed by atoms with Gasteiger partial charge in [-0.1, -0.05) is 33.4 Å². The van der Waals surface area contributed by atoms with Gasteiger partial charge in [0.15, 0.2) is 0 Å². The summed E-state index contributed by atoms with van der Waals surface area (Å²) >= 11 is 0. The standard InChI is InChI=1S/C25H31FN2/c1-6-18(5)24-16-22(15-10-19(7-2)17-27-9-4)28-25(23(24)8-3)20-11-13-21(26)14-12-20/h7,9,11-14,16-18H,4,6,8,10,15H2,1-3,5H3/b19-7-,27-17?. The highest BCUT2D eigenvalue weighted by Gasteiger charge is 2.17. The molecule has 1 heterocycles. The van der Waals surface area contributed by atoms with Gasteiger partial charge >= 0.3 is 0 Å². The summed E-state index contributed by atoms with van der Waals surface area (Å²) in [5.41, 5.74) is 6.81. The van der Waals surface area contributed by atoms with Gasteiger partial charge < -0.3 is 0 Å². The van der Waals surface area contributed by atoms with Gasteiger partial charge in [-0.2, -0.15) is 0 Å². The van der Waals surface area contributed by atoms with Gasteiger partial charge in [0.1, 0.15) is 5.82 Å². The molecule has 1 unspecified atom stereocenters. The van der Waals surface area contributed by atoms with Gasteiger partial charge in [-0.3, -0.25) is 9.98 Å². The largest absolute Gasteiger partial charge is 0.265 e. The van der Waals surface area contributed by atoms with Crippen molar-refractivity contribution >= 4 is 6.21 Å². The van der Waals surface area contributed by atoms with Crippen LogP contribution in [0.15, 0.2) is 59.8 Å².